The molecule has 30 heavy (non-hydrogen) atoms. The van der Waals surface area contributed by atoms with Crippen LogP contribution in [0.3, 0.4) is 0 Å². The molecule has 0 saturated heterocycles. The Morgan fingerprint density at radius 1 is 1.00 bits per heavy atom. The molecule has 2 amide bonds. The monoisotopic (exact) mass is 401 g/mol. The van der Waals surface area contributed by atoms with Crippen LogP contribution in [0.2, 0.25) is 0 Å². The third kappa shape index (κ3) is 3.54. The normalized spacial score (nSPS) is 14.8. The molecule has 152 valence electrons. The van der Waals surface area contributed by atoms with Gasteiger partial charge in [-0.05, 0) is 37.1 Å². The van der Waals surface area contributed by atoms with E-state index in [1.165, 1.54) is 19.3 Å². The Morgan fingerprint density at radius 3 is 2.70 bits per heavy atom. The van der Waals surface area contributed by atoms with E-state index >= 15 is 0 Å². The molecule has 0 bridgehead atoms. The summed E-state index contributed by atoms with van der Waals surface area (Å²) >= 11 is 0. The van der Waals surface area contributed by atoms with E-state index in [4.69, 9.17) is 0 Å². The van der Waals surface area contributed by atoms with Crippen molar-refractivity contribution in [1.29, 1.82) is 0 Å². The van der Waals surface area contributed by atoms with Gasteiger partial charge in [-0.3, -0.25) is 4.79 Å². The topological polar surface area (TPSA) is 103 Å². The summed E-state index contributed by atoms with van der Waals surface area (Å²) in [6, 6.07) is 15.0. The quantitative estimate of drug-likeness (QED) is 0.407. The molecule has 0 spiro atoms. The van der Waals surface area contributed by atoms with Crippen molar-refractivity contribution in [1.82, 2.24) is 20.3 Å². The highest BCUT2D eigenvalue weighted by molar-refractivity contribution is 5.93. The molecule has 1 saturated carbocycles. The number of nitrogens with one attached hydrogen (secondary N) is 4. The van der Waals surface area contributed by atoms with Gasteiger partial charge >= 0.3 is 6.03 Å². The third-order valence-electron chi connectivity index (χ3n) is 5.70. The zero-order valence-electron chi connectivity index (χ0n) is 16.5. The average Bonchev–Trinajstić information content (AvgIpc) is 3.20. The van der Waals surface area contributed by atoms with Crippen molar-refractivity contribution in [2.45, 2.75) is 38.1 Å². The second kappa shape index (κ2) is 7.67. The highest BCUT2D eigenvalue weighted by Crippen LogP contribution is 2.29. The smallest absolute Gasteiger partial charge is 0.319 e. The molecule has 0 atom stereocenters. The van der Waals surface area contributed by atoms with Crippen LogP contribution in [-0.2, 0) is 0 Å². The summed E-state index contributed by atoms with van der Waals surface area (Å²) in [5.41, 5.74) is 4.09. The van der Waals surface area contributed by atoms with E-state index in [9.17, 15) is 9.59 Å². The van der Waals surface area contributed by atoms with E-state index in [1.54, 1.807) is 0 Å². The van der Waals surface area contributed by atoms with Gasteiger partial charge in [0.2, 0.25) is 0 Å². The number of benzene rings is 1. The van der Waals surface area contributed by atoms with Gasteiger partial charge in [0.1, 0.15) is 5.82 Å². The number of aromatic amines is 2. The fourth-order valence-electron chi connectivity index (χ4n) is 4.22. The second-order valence-corrected chi connectivity index (χ2v) is 7.82. The van der Waals surface area contributed by atoms with Crippen molar-refractivity contribution in [2.24, 2.45) is 0 Å². The summed E-state index contributed by atoms with van der Waals surface area (Å²) in [5.74, 6) is 0.510. The van der Waals surface area contributed by atoms with Crippen molar-refractivity contribution < 1.29 is 4.79 Å². The van der Waals surface area contributed by atoms with Crippen LogP contribution in [0.5, 0.6) is 0 Å². The molecule has 0 radical (unpaired) electrons. The molecule has 2 aromatic rings. The van der Waals surface area contributed by atoms with Crippen LogP contribution in [-0.4, -0.2) is 27.0 Å². The summed E-state index contributed by atoms with van der Waals surface area (Å²) < 4.78 is 0. The van der Waals surface area contributed by atoms with Gasteiger partial charge in [-0.25, -0.2) is 9.78 Å². The minimum Gasteiger partial charge on any atom is -0.338 e. The molecule has 1 aromatic carbocycles. The minimum absolute atomic E-state index is 0.180. The van der Waals surface area contributed by atoms with Crippen molar-refractivity contribution in [3.05, 3.63) is 58.9 Å². The number of hydrogen-bond donors (Lipinski definition) is 4. The number of amides is 2. The van der Waals surface area contributed by atoms with E-state index in [2.05, 4.69) is 25.6 Å². The lowest BCUT2D eigenvalue weighted by Gasteiger charge is -2.22. The molecular weight excluding hydrogens is 378 g/mol. The maximum Gasteiger partial charge on any atom is 0.319 e. The van der Waals surface area contributed by atoms with Gasteiger partial charge in [0.15, 0.2) is 0 Å². The van der Waals surface area contributed by atoms with Crippen molar-refractivity contribution in [3.8, 4) is 22.6 Å². The van der Waals surface area contributed by atoms with Crippen LogP contribution in [0, 0.1) is 0 Å². The number of hydrogen-bond acceptors (Lipinski definition) is 3. The van der Waals surface area contributed by atoms with Gasteiger partial charge in [0, 0.05) is 23.0 Å². The SMILES string of the molecule is O=C(Nc1ccc2nc(-c3c4cccccc-4[nH]c3=O)[nH]c2c1)NC1CCCCC1. The van der Waals surface area contributed by atoms with Crippen LogP contribution in [0.25, 0.3) is 33.7 Å². The van der Waals surface area contributed by atoms with E-state index in [0.717, 1.165) is 35.1 Å². The Hall–Kier alpha value is -3.61. The summed E-state index contributed by atoms with van der Waals surface area (Å²) in [5, 5.41) is 5.96. The predicted octanol–water partition coefficient (Wildman–Crippen LogP) is 4.48. The van der Waals surface area contributed by atoms with Gasteiger partial charge < -0.3 is 20.6 Å². The van der Waals surface area contributed by atoms with Gasteiger partial charge in [0.05, 0.1) is 16.6 Å². The molecule has 2 heterocycles. The molecule has 0 unspecified atom stereocenters. The number of aromatic nitrogens is 3. The average molecular weight is 401 g/mol. The Bertz CT molecular complexity index is 1240. The first kappa shape index (κ1) is 18.4. The lowest BCUT2D eigenvalue weighted by Crippen LogP contribution is -2.38. The molecule has 7 heteroatoms. The molecular formula is C23H23N5O2. The van der Waals surface area contributed by atoms with Gasteiger partial charge in [-0.1, -0.05) is 43.5 Å². The first-order chi connectivity index (χ1) is 14.7. The van der Waals surface area contributed by atoms with Crippen LogP contribution in [0.4, 0.5) is 10.5 Å². The third-order valence-corrected chi connectivity index (χ3v) is 5.70. The summed E-state index contributed by atoms with van der Waals surface area (Å²) in [4.78, 5) is 35.6. The highest BCUT2D eigenvalue weighted by Gasteiger charge is 2.19. The fourth-order valence-corrected chi connectivity index (χ4v) is 4.22. The van der Waals surface area contributed by atoms with Gasteiger partial charge in [-0.2, -0.15) is 0 Å². The number of H-pyrrole nitrogens is 2. The zero-order chi connectivity index (χ0) is 20.5. The summed E-state index contributed by atoms with van der Waals surface area (Å²) in [6.45, 7) is 0. The number of rotatable bonds is 3. The number of carbonyl (C=O) groups excluding carboxylic acids is 1. The van der Waals surface area contributed by atoms with Crippen molar-refractivity contribution in [2.75, 3.05) is 5.32 Å². The predicted molar refractivity (Wildman–Crippen MR) is 118 cm³/mol. The molecule has 3 aliphatic rings. The van der Waals surface area contributed by atoms with E-state index in [-0.39, 0.29) is 17.6 Å². The zero-order valence-corrected chi connectivity index (χ0v) is 16.5. The van der Waals surface area contributed by atoms with Crippen LogP contribution in [0.1, 0.15) is 32.1 Å². The highest BCUT2D eigenvalue weighted by atomic mass is 16.2. The van der Waals surface area contributed by atoms with Crippen LogP contribution >= 0.6 is 0 Å². The minimum atomic E-state index is -0.188. The Morgan fingerprint density at radius 2 is 1.83 bits per heavy atom. The lowest BCUT2D eigenvalue weighted by atomic mass is 9.96. The Kier molecular flexibility index (Phi) is 4.71. The first-order valence-corrected chi connectivity index (χ1v) is 10.4. The molecule has 2 aliphatic carbocycles. The molecule has 7 nitrogen and oxygen atoms in total. The molecule has 5 rings (SSSR count). The second-order valence-electron chi connectivity index (χ2n) is 7.82. The Balaban J connectivity index is 1.41. The summed E-state index contributed by atoms with van der Waals surface area (Å²) in [6.07, 6.45) is 5.66. The summed E-state index contributed by atoms with van der Waals surface area (Å²) in [7, 11) is 0. The lowest BCUT2D eigenvalue weighted by molar-refractivity contribution is 0.244. The molecule has 1 aliphatic heterocycles. The van der Waals surface area contributed by atoms with Crippen LogP contribution in [0.15, 0.2) is 53.3 Å². The molecule has 1 fully saturated rings. The standard InChI is InChI=1S/C23H23N5O2/c29-22-20(16-9-5-2-6-10-17(16)28-22)21-26-18-12-11-15(13-19(18)27-21)25-23(30)24-14-7-3-1-4-8-14/h2,5-6,9-14H,1,3-4,7-8H2,(H,26,27)(H,28,29)(H2,24,25,30). The number of urea groups is 1. The largest absolute Gasteiger partial charge is 0.338 e. The Labute approximate surface area is 173 Å². The maximum atomic E-state index is 12.5. The van der Waals surface area contributed by atoms with Crippen LogP contribution < -0.4 is 16.2 Å². The van der Waals surface area contributed by atoms with E-state index < -0.39 is 0 Å². The number of anilines is 1. The fraction of sp³-hybridized carbons (Fsp3) is 0.261. The van der Waals surface area contributed by atoms with Gasteiger partial charge in [0.25, 0.3) is 5.56 Å². The molecule has 4 N–H and O–H groups in total. The van der Waals surface area contributed by atoms with Crippen molar-refractivity contribution in [3.63, 3.8) is 0 Å². The van der Waals surface area contributed by atoms with Gasteiger partial charge in [-0.15, -0.1) is 0 Å². The number of fused-ring (bicyclic) bond motifs is 2. The first-order valence-electron chi connectivity index (χ1n) is 10.4. The number of imidazole rings is 1. The number of carbonyl (C=O) groups is 1. The van der Waals surface area contributed by atoms with Crippen molar-refractivity contribution >= 4 is 22.8 Å². The molecule has 1 aromatic heterocycles. The maximum absolute atomic E-state index is 12.5. The number of nitrogens with zero attached hydrogens (tertiary/aromatic N) is 1. The van der Waals surface area contributed by atoms with E-state index in [0.29, 0.717) is 17.1 Å². The van der Waals surface area contributed by atoms with E-state index in [1.807, 2.05) is 48.5 Å².